The van der Waals surface area contributed by atoms with E-state index in [9.17, 15) is 9.59 Å². The molecule has 0 fully saturated rings. The maximum Gasteiger partial charge on any atom is 0.255 e. The number of nitrogens with one attached hydrogen (secondary N) is 1. The highest BCUT2D eigenvalue weighted by atomic mass is 32.1. The van der Waals surface area contributed by atoms with Gasteiger partial charge in [-0.15, -0.1) is 11.3 Å². The number of carbonyl (C=O) groups excluding carboxylic acids is 2. The molecule has 0 atom stereocenters. The zero-order valence-electron chi connectivity index (χ0n) is 13.5. The second-order valence-electron chi connectivity index (χ2n) is 5.60. The van der Waals surface area contributed by atoms with Gasteiger partial charge in [0.05, 0.1) is 10.6 Å². The smallest absolute Gasteiger partial charge is 0.255 e. The van der Waals surface area contributed by atoms with Gasteiger partial charge in [0, 0.05) is 17.4 Å². The molecule has 3 rings (SSSR count). The molecule has 0 aliphatic heterocycles. The first kappa shape index (κ1) is 16.1. The number of amides is 1. The van der Waals surface area contributed by atoms with Gasteiger partial charge in [0.2, 0.25) is 0 Å². The van der Waals surface area contributed by atoms with E-state index in [1.165, 1.54) is 18.3 Å². The average molecular weight is 335 g/mol. The Hall–Kier alpha value is -2.72. The lowest BCUT2D eigenvalue weighted by Crippen LogP contribution is -2.12. The summed E-state index contributed by atoms with van der Waals surface area (Å²) < 4.78 is 0. The first-order valence-electron chi connectivity index (χ1n) is 7.63. The van der Waals surface area contributed by atoms with Crippen LogP contribution in [0.25, 0.3) is 10.4 Å². The van der Waals surface area contributed by atoms with Gasteiger partial charge in [0.15, 0.2) is 5.78 Å². The molecule has 0 aliphatic rings. The fourth-order valence-corrected chi connectivity index (χ4v) is 3.40. The molecule has 0 spiro atoms. The summed E-state index contributed by atoms with van der Waals surface area (Å²) in [5.74, 6) is -0.267. The SMILES string of the molecule is CC(=O)c1sc(-c2ccccc2)cc1NC(=O)c1ccc(C)cc1. The van der Waals surface area contributed by atoms with Gasteiger partial charge in [0.1, 0.15) is 0 Å². The molecule has 0 aliphatic carbocycles. The van der Waals surface area contributed by atoms with E-state index in [-0.39, 0.29) is 11.7 Å². The Kier molecular flexibility index (Phi) is 4.58. The Morgan fingerprint density at radius 3 is 2.25 bits per heavy atom. The zero-order chi connectivity index (χ0) is 17.1. The first-order chi connectivity index (χ1) is 11.5. The number of aryl methyl sites for hydroxylation is 1. The van der Waals surface area contributed by atoms with Crippen molar-refractivity contribution in [2.45, 2.75) is 13.8 Å². The van der Waals surface area contributed by atoms with Crippen LogP contribution in [0.3, 0.4) is 0 Å². The van der Waals surface area contributed by atoms with E-state index in [4.69, 9.17) is 0 Å². The van der Waals surface area contributed by atoms with Gasteiger partial charge in [-0.3, -0.25) is 9.59 Å². The maximum atomic E-state index is 12.4. The van der Waals surface area contributed by atoms with Crippen molar-refractivity contribution in [1.82, 2.24) is 0 Å². The van der Waals surface area contributed by atoms with Crippen molar-refractivity contribution >= 4 is 28.7 Å². The van der Waals surface area contributed by atoms with Gasteiger partial charge in [-0.25, -0.2) is 0 Å². The maximum absolute atomic E-state index is 12.4. The second kappa shape index (κ2) is 6.81. The highest BCUT2D eigenvalue weighted by molar-refractivity contribution is 7.18. The van der Waals surface area contributed by atoms with Crippen LogP contribution in [-0.4, -0.2) is 11.7 Å². The number of benzene rings is 2. The van der Waals surface area contributed by atoms with E-state index in [0.717, 1.165) is 16.0 Å². The topological polar surface area (TPSA) is 46.2 Å². The lowest BCUT2D eigenvalue weighted by atomic mass is 10.1. The lowest BCUT2D eigenvalue weighted by Gasteiger charge is -2.05. The minimum Gasteiger partial charge on any atom is -0.321 e. The first-order valence-corrected chi connectivity index (χ1v) is 8.44. The number of carbonyl (C=O) groups is 2. The number of hydrogen-bond donors (Lipinski definition) is 1. The summed E-state index contributed by atoms with van der Waals surface area (Å²) in [5.41, 5.74) is 3.26. The number of ketones is 1. The van der Waals surface area contributed by atoms with Gasteiger partial charge < -0.3 is 5.32 Å². The fourth-order valence-electron chi connectivity index (χ4n) is 2.39. The number of Topliss-reactive ketones (excluding diaryl/α,β-unsaturated/α-hetero) is 1. The van der Waals surface area contributed by atoms with E-state index in [2.05, 4.69) is 5.32 Å². The molecule has 4 heteroatoms. The molecular weight excluding hydrogens is 318 g/mol. The molecule has 0 radical (unpaired) electrons. The lowest BCUT2D eigenvalue weighted by molar-refractivity contribution is 0.102. The molecule has 3 aromatic rings. The van der Waals surface area contributed by atoms with E-state index in [1.54, 1.807) is 12.1 Å². The average Bonchev–Trinajstić information content (AvgIpc) is 3.00. The molecular formula is C20H17NO2S. The zero-order valence-corrected chi connectivity index (χ0v) is 14.3. The summed E-state index contributed by atoms with van der Waals surface area (Å²) in [5, 5.41) is 2.87. The normalized spacial score (nSPS) is 10.4. The van der Waals surface area contributed by atoms with E-state index < -0.39 is 0 Å². The second-order valence-corrected chi connectivity index (χ2v) is 6.65. The number of hydrogen-bond acceptors (Lipinski definition) is 3. The summed E-state index contributed by atoms with van der Waals surface area (Å²) in [6, 6.07) is 19.0. The standard InChI is InChI=1S/C20H17NO2S/c1-13-8-10-16(11-9-13)20(23)21-17-12-18(24-19(17)14(2)22)15-6-4-3-5-7-15/h3-12H,1-2H3,(H,21,23). The number of anilines is 1. The third-order valence-corrected chi connectivity index (χ3v) is 4.96. The largest absolute Gasteiger partial charge is 0.321 e. The predicted octanol–water partition coefficient (Wildman–Crippen LogP) is 5.18. The number of thiophene rings is 1. The molecule has 1 aromatic heterocycles. The number of rotatable bonds is 4. The van der Waals surface area contributed by atoms with Crippen molar-refractivity contribution in [3.05, 3.63) is 76.7 Å². The predicted molar refractivity (Wildman–Crippen MR) is 98.9 cm³/mol. The molecule has 0 unspecified atom stereocenters. The Morgan fingerprint density at radius 1 is 0.958 bits per heavy atom. The van der Waals surface area contributed by atoms with Crippen LogP contribution in [0.4, 0.5) is 5.69 Å². The molecule has 0 bridgehead atoms. The van der Waals surface area contributed by atoms with E-state index in [0.29, 0.717) is 16.1 Å². The Morgan fingerprint density at radius 2 is 1.62 bits per heavy atom. The van der Waals surface area contributed by atoms with Gasteiger partial charge in [-0.05, 0) is 30.7 Å². The van der Waals surface area contributed by atoms with Crippen molar-refractivity contribution in [2.24, 2.45) is 0 Å². The van der Waals surface area contributed by atoms with Gasteiger partial charge in [-0.2, -0.15) is 0 Å². The van der Waals surface area contributed by atoms with Gasteiger partial charge in [-0.1, -0.05) is 48.0 Å². The van der Waals surface area contributed by atoms with Gasteiger partial charge in [0.25, 0.3) is 5.91 Å². The summed E-state index contributed by atoms with van der Waals surface area (Å²) in [7, 11) is 0. The molecule has 2 aromatic carbocycles. The van der Waals surface area contributed by atoms with Crippen molar-refractivity contribution in [2.75, 3.05) is 5.32 Å². The summed E-state index contributed by atoms with van der Waals surface area (Å²) in [6.07, 6.45) is 0. The molecule has 0 saturated heterocycles. The van der Waals surface area contributed by atoms with Crippen molar-refractivity contribution in [1.29, 1.82) is 0 Å². The third-order valence-electron chi connectivity index (χ3n) is 3.67. The monoisotopic (exact) mass is 335 g/mol. The molecule has 24 heavy (non-hydrogen) atoms. The summed E-state index contributed by atoms with van der Waals surface area (Å²) >= 11 is 1.40. The van der Waals surface area contributed by atoms with Gasteiger partial charge >= 0.3 is 0 Å². The van der Waals surface area contributed by atoms with Crippen LogP contribution in [0.5, 0.6) is 0 Å². The summed E-state index contributed by atoms with van der Waals surface area (Å²) in [4.78, 5) is 25.9. The van der Waals surface area contributed by atoms with Crippen LogP contribution in [0.15, 0.2) is 60.7 Å². The minimum atomic E-state index is -0.213. The van der Waals surface area contributed by atoms with Crippen LogP contribution in [0.2, 0.25) is 0 Å². The molecule has 1 amide bonds. The molecule has 1 heterocycles. The molecule has 1 N–H and O–H groups in total. The highest BCUT2D eigenvalue weighted by Crippen LogP contribution is 2.35. The van der Waals surface area contributed by atoms with E-state index >= 15 is 0 Å². The van der Waals surface area contributed by atoms with Crippen LogP contribution < -0.4 is 5.32 Å². The van der Waals surface area contributed by atoms with Crippen molar-refractivity contribution in [3.63, 3.8) is 0 Å². The Bertz CT molecular complexity index is 880. The van der Waals surface area contributed by atoms with Crippen LogP contribution in [-0.2, 0) is 0 Å². The van der Waals surface area contributed by atoms with Crippen molar-refractivity contribution in [3.8, 4) is 10.4 Å². The minimum absolute atomic E-state index is 0.0543. The van der Waals surface area contributed by atoms with Crippen LogP contribution in [0.1, 0.15) is 32.5 Å². The molecule has 0 saturated carbocycles. The summed E-state index contributed by atoms with van der Waals surface area (Å²) in [6.45, 7) is 3.49. The Labute approximate surface area is 145 Å². The quantitative estimate of drug-likeness (QED) is 0.668. The molecule has 3 nitrogen and oxygen atoms in total. The Balaban J connectivity index is 1.92. The van der Waals surface area contributed by atoms with Crippen LogP contribution >= 0.6 is 11.3 Å². The highest BCUT2D eigenvalue weighted by Gasteiger charge is 2.16. The van der Waals surface area contributed by atoms with Crippen molar-refractivity contribution < 1.29 is 9.59 Å². The molecule has 120 valence electrons. The van der Waals surface area contributed by atoms with E-state index in [1.807, 2.05) is 55.5 Å². The van der Waals surface area contributed by atoms with Crippen LogP contribution in [0, 0.1) is 6.92 Å². The third kappa shape index (κ3) is 3.44. The fraction of sp³-hybridized carbons (Fsp3) is 0.100.